The summed E-state index contributed by atoms with van der Waals surface area (Å²) in [5, 5.41) is 0. The van der Waals surface area contributed by atoms with Gasteiger partial charge in [0.25, 0.3) is 0 Å². The Morgan fingerprint density at radius 1 is 1.45 bits per heavy atom. The molecule has 0 unspecified atom stereocenters. The van der Waals surface area contributed by atoms with Crippen molar-refractivity contribution < 1.29 is 9.53 Å². The van der Waals surface area contributed by atoms with Crippen LogP contribution in [0.4, 0.5) is 4.79 Å². The molecule has 0 N–H and O–H groups in total. The van der Waals surface area contributed by atoms with Gasteiger partial charge in [0.2, 0.25) is 0 Å². The Hall–Kier alpha value is -1.51. The van der Waals surface area contributed by atoms with Gasteiger partial charge in [-0.05, 0) is 19.1 Å². The molecule has 0 fully saturated rings. The van der Waals surface area contributed by atoms with Gasteiger partial charge in [-0.3, -0.25) is 4.57 Å². The van der Waals surface area contributed by atoms with Crippen LogP contribution in [-0.2, 0) is 4.74 Å². The maximum atomic E-state index is 11.0. The summed E-state index contributed by atoms with van der Waals surface area (Å²) in [7, 11) is 0. The maximum Gasteiger partial charge on any atom is 0.423 e. The molecular weight excluding hydrogens is 142 g/mol. The van der Waals surface area contributed by atoms with Gasteiger partial charge in [0.05, 0.1) is 5.76 Å². The Kier molecular flexibility index (Phi) is 2.11. The fourth-order valence-electron chi connectivity index (χ4n) is 0.658. The zero-order valence-corrected chi connectivity index (χ0v) is 6.28. The van der Waals surface area contributed by atoms with Crippen molar-refractivity contribution in [1.29, 1.82) is 0 Å². The van der Waals surface area contributed by atoms with E-state index in [9.17, 15) is 4.79 Å². The summed E-state index contributed by atoms with van der Waals surface area (Å²) in [6.45, 7) is 5.07. The third-order valence-corrected chi connectivity index (χ3v) is 1.08. The van der Waals surface area contributed by atoms with Crippen LogP contribution in [-0.4, -0.2) is 10.7 Å². The van der Waals surface area contributed by atoms with Crippen molar-refractivity contribution in [2.45, 2.75) is 6.92 Å². The molecule has 3 nitrogen and oxygen atoms in total. The molecule has 11 heavy (non-hydrogen) atoms. The molecule has 0 aliphatic heterocycles. The molecule has 0 radical (unpaired) electrons. The summed E-state index contributed by atoms with van der Waals surface area (Å²) < 4.78 is 6.07. The first-order valence-corrected chi connectivity index (χ1v) is 3.21. The van der Waals surface area contributed by atoms with Crippen LogP contribution >= 0.6 is 0 Å². The number of hydrogen-bond donors (Lipinski definition) is 0. The SMILES string of the molecule is C=C(C)OC(=O)n1cccc1. The lowest BCUT2D eigenvalue weighted by molar-refractivity contribution is 0.178. The average Bonchev–Trinajstić information content (AvgIpc) is 2.35. The maximum absolute atomic E-state index is 11.0. The summed E-state index contributed by atoms with van der Waals surface area (Å²) in [5.74, 6) is 0.392. The van der Waals surface area contributed by atoms with Gasteiger partial charge in [0.15, 0.2) is 0 Å². The van der Waals surface area contributed by atoms with Crippen LogP contribution in [0.3, 0.4) is 0 Å². The van der Waals surface area contributed by atoms with Crippen molar-refractivity contribution in [3.63, 3.8) is 0 Å². The monoisotopic (exact) mass is 151 g/mol. The van der Waals surface area contributed by atoms with Gasteiger partial charge in [0, 0.05) is 12.4 Å². The van der Waals surface area contributed by atoms with Gasteiger partial charge in [-0.2, -0.15) is 0 Å². The fraction of sp³-hybridized carbons (Fsp3) is 0.125. The van der Waals surface area contributed by atoms with Crippen LogP contribution in [0.5, 0.6) is 0 Å². The van der Waals surface area contributed by atoms with E-state index in [2.05, 4.69) is 6.58 Å². The zero-order valence-electron chi connectivity index (χ0n) is 6.28. The van der Waals surface area contributed by atoms with Gasteiger partial charge in [-0.15, -0.1) is 0 Å². The number of ether oxygens (including phenoxy) is 1. The number of carbonyl (C=O) groups excluding carboxylic acids is 1. The van der Waals surface area contributed by atoms with Gasteiger partial charge in [-0.25, -0.2) is 4.79 Å². The van der Waals surface area contributed by atoms with Crippen LogP contribution in [0.15, 0.2) is 36.9 Å². The van der Waals surface area contributed by atoms with Crippen LogP contribution in [0, 0.1) is 0 Å². The van der Waals surface area contributed by atoms with Crippen molar-refractivity contribution in [3.8, 4) is 0 Å². The van der Waals surface area contributed by atoms with Crippen LogP contribution in [0.2, 0.25) is 0 Å². The number of nitrogens with zero attached hydrogens (tertiary/aromatic N) is 1. The predicted octanol–water partition coefficient (Wildman–Crippen LogP) is 2.01. The minimum absolute atomic E-state index is 0.392. The third kappa shape index (κ3) is 1.97. The molecule has 0 amide bonds. The molecule has 0 saturated heterocycles. The van der Waals surface area contributed by atoms with Crippen molar-refractivity contribution in [2.24, 2.45) is 0 Å². The highest BCUT2D eigenvalue weighted by Gasteiger charge is 2.02. The van der Waals surface area contributed by atoms with E-state index < -0.39 is 6.09 Å². The number of carbonyl (C=O) groups is 1. The third-order valence-electron chi connectivity index (χ3n) is 1.08. The molecule has 0 aromatic carbocycles. The first-order valence-electron chi connectivity index (χ1n) is 3.21. The largest absolute Gasteiger partial charge is 0.423 e. The molecule has 0 aliphatic carbocycles. The van der Waals surface area contributed by atoms with Gasteiger partial charge in [-0.1, -0.05) is 6.58 Å². The second-order valence-electron chi connectivity index (χ2n) is 2.16. The lowest BCUT2D eigenvalue weighted by Crippen LogP contribution is -2.09. The molecule has 58 valence electrons. The highest BCUT2D eigenvalue weighted by Crippen LogP contribution is 1.97. The van der Waals surface area contributed by atoms with E-state index in [4.69, 9.17) is 4.74 Å². The second kappa shape index (κ2) is 3.05. The minimum Gasteiger partial charge on any atom is -0.415 e. The normalized spacial score (nSPS) is 9.18. The Bertz CT molecular complexity index is 262. The summed E-state index contributed by atoms with van der Waals surface area (Å²) >= 11 is 0. The quantitative estimate of drug-likeness (QED) is 0.575. The standard InChI is InChI=1S/C8H9NO2/c1-7(2)11-8(10)9-5-3-4-6-9/h3-6H,1H2,2H3. The lowest BCUT2D eigenvalue weighted by Gasteiger charge is -2.01. The van der Waals surface area contributed by atoms with E-state index in [1.54, 1.807) is 31.5 Å². The molecule has 0 spiro atoms. The molecule has 0 bridgehead atoms. The average molecular weight is 151 g/mol. The van der Waals surface area contributed by atoms with Crippen LogP contribution < -0.4 is 0 Å². The van der Waals surface area contributed by atoms with Gasteiger partial charge in [0.1, 0.15) is 0 Å². The first-order chi connectivity index (χ1) is 5.20. The van der Waals surface area contributed by atoms with Crippen molar-refractivity contribution in [1.82, 2.24) is 4.57 Å². The number of aromatic nitrogens is 1. The molecular formula is C8H9NO2. The predicted molar refractivity (Wildman–Crippen MR) is 41.1 cm³/mol. The summed E-state index contributed by atoms with van der Waals surface area (Å²) in [5.41, 5.74) is 0. The van der Waals surface area contributed by atoms with Crippen LogP contribution in [0.25, 0.3) is 0 Å². The van der Waals surface area contributed by atoms with E-state index in [0.717, 1.165) is 0 Å². The van der Waals surface area contributed by atoms with E-state index in [1.807, 2.05) is 0 Å². The molecule has 1 heterocycles. The Labute approximate surface area is 64.9 Å². The van der Waals surface area contributed by atoms with Crippen molar-refractivity contribution in [3.05, 3.63) is 36.9 Å². The topological polar surface area (TPSA) is 31.2 Å². The summed E-state index contributed by atoms with van der Waals surface area (Å²) in [6.07, 6.45) is 2.80. The Morgan fingerprint density at radius 2 is 2.00 bits per heavy atom. The summed E-state index contributed by atoms with van der Waals surface area (Å²) in [4.78, 5) is 11.0. The second-order valence-corrected chi connectivity index (χ2v) is 2.16. The van der Waals surface area contributed by atoms with E-state index >= 15 is 0 Å². The number of hydrogen-bond acceptors (Lipinski definition) is 2. The van der Waals surface area contributed by atoms with E-state index in [1.165, 1.54) is 4.57 Å². The smallest absolute Gasteiger partial charge is 0.415 e. The first kappa shape index (κ1) is 7.60. The van der Waals surface area contributed by atoms with Gasteiger partial charge < -0.3 is 4.74 Å². The van der Waals surface area contributed by atoms with E-state index in [-0.39, 0.29) is 0 Å². The van der Waals surface area contributed by atoms with Gasteiger partial charge >= 0.3 is 6.09 Å². The van der Waals surface area contributed by atoms with E-state index in [0.29, 0.717) is 5.76 Å². The highest BCUT2D eigenvalue weighted by atomic mass is 16.6. The molecule has 0 aliphatic rings. The Morgan fingerprint density at radius 3 is 2.45 bits per heavy atom. The fourth-order valence-corrected chi connectivity index (χ4v) is 0.658. The zero-order chi connectivity index (χ0) is 8.27. The molecule has 3 heteroatoms. The van der Waals surface area contributed by atoms with Crippen molar-refractivity contribution >= 4 is 6.09 Å². The number of rotatable bonds is 1. The molecule has 0 atom stereocenters. The molecule has 1 aromatic heterocycles. The van der Waals surface area contributed by atoms with Crippen molar-refractivity contribution in [2.75, 3.05) is 0 Å². The summed E-state index contributed by atoms with van der Waals surface area (Å²) in [6, 6.07) is 3.50. The minimum atomic E-state index is -0.428. The lowest BCUT2D eigenvalue weighted by atomic mass is 10.7. The molecule has 0 saturated carbocycles. The molecule has 1 rings (SSSR count). The Balaban J connectivity index is 2.64. The van der Waals surface area contributed by atoms with Crippen LogP contribution in [0.1, 0.15) is 6.92 Å². The molecule has 1 aromatic rings. The highest BCUT2D eigenvalue weighted by molar-refractivity contribution is 5.71. The number of allylic oxidation sites excluding steroid dienone is 1.